The Morgan fingerprint density at radius 3 is 2.51 bits per heavy atom. The van der Waals surface area contributed by atoms with E-state index in [2.05, 4.69) is 9.97 Å². The molecule has 0 spiro atoms. The smallest absolute Gasteiger partial charge is 0.301 e. The van der Waals surface area contributed by atoms with E-state index in [1.54, 1.807) is 54.8 Å². The fourth-order valence-corrected chi connectivity index (χ4v) is 5.97. The number of hydrogen-bond acceptors (Lipinski definition) is 9. The molecule has 1 saturated heterocycles. The van der Waals surface area contributed by atoms with E-state index in [1.807, 2.05) is 19.9 Å². The fourth-order valence-electron chi connectivity index (χ4n) is 4.98. The molecule has 5 rings (SSSR count). The summed E-state index contributed by atoms with van der Waals surface area (Å²) in [4.78, 5) is 50.2. The molecule has 3 aromatic heterocycles. The number of anilines is 1. The van der Waals surface area contributed by atoms with Crippen molar-refractivity contribution in [3.8, 4) is 11.5 Å². The van der Waals surface area contributed by atoms with Crippen LogP contribution in [0.2, 0.25) is 0 Å². The zero-order valence-electron chi connectivity index (χ0n) is 23.4. The molecule has 1 fully saturated rings. The highest BCUT2D eigenvalue weighted by Crippen LogP contribution is 2.46. The van der Waals surface area contributed by atoms with Gasteiger partial charge in [-0.15, -0.1) is 0 Å². The Kier molecular flexibility index (Phi) is 7.63. The van der Waals surface area contributed by atoms with E-state index in [0.29, 0.717) is 57.9 Å². The molecular weight excluding hydrogens is 544 g/mol. The van der Waals surface area contributed by atoms with Gasteiger partial charge < -0.3 is 14.6 Å². The highest BCUT2D eigenvalue weighted by atomic mass is 32.1. The minimum absolute atomic E-state index is 0.120. The SMILES string of the molecule is CCCOc1ccc(C2C(=C(O)c3c(C)nc4ccccn34)C(=O)C(=O)N2c2nc(C)c(C(C)=O)s2)cc1OCC. The summed E-state index contributed by atoms with van der Waals surface area (Å²) >= 11 is 1.03. The van der Waals surface area contributed by atoms with Crippen LogP contribution < -0.4 is 14.4 Å². The van der Waals surface area contributed by atoms with E-state index >= 15 is 0 Å². The number of aliphatic hydroxyl groups is 1. The number of Topliss-reactive ketones (excluding diaryl/α,β-unsaturated/α-hetero) is 2. The normalized spacial score (nSPS) is 16.5. The molecule has 4 aromatic rings. The van der Waals surface area contributed by atoms with Crippen LogP contribution in [0.15, 0.2) is 48.2 Å². The first kappa shape index (κ1) is 28.0. The first-order valence-corrected chi connectivity index (χ1v) is 14.1. The van der Waals surface area contributed by atoms with Crippen LogP contribution in [0.3, 0.4) is 0 Å². The van der Waals surface area contributed by atoms with Gasteiger partial charge in [0.2, 0.25) is 0 Å². The van der Waals surface area contributed by atoms with Crippen LogP contribution >= 0.6 is 11.3 Å². The third kappa shape index (κ3) is 4.86. The second-order valence-electron chi connectivity index (χ2n) is 9.60. The van der Waals surface area contributed by atoms with Crippen molar-refractivity contribution in [2.45, 2.75) is 47.1 Å². The molecule has 0 saturated carbocycles. The number of ketones is 2. The van der Waals surface area contributed by atoms with Crippen LogP contribution in [0.4, 0.5) is 5.13 Å². The van der Waals surface area contributed by atoms with Crippen LogP contribution in [0, 0.1) is 13.8 Å². The molecule has 4 heterocycles. The summed E-state index contributed by atoms with van der Waals surface area (Å²) in [7, 11) is 0. The number of amides is 1. The molecule has 10 nitrogen and oxygen atoms in total. The van der Waals surface area contributed by atoms with Gasteiger partial charge in [0.25, 0.3) is 5.78 Å². The van der Waals surface area contributed by atoms with Gasteiger partial charge in [0.05, 0.1) is 41.1 Å². The van der Waals surface area contributed by atoms with Crippen molar-refractivity contribution in [3.05, 3.63) is 75.7 Å². The fraction of sp³-hybridized carbons (Fsp3) is 0.300. The van der Waals surface area contributed by atoms with E-state index in [0.717, 1.165) is 17.8 Å². The lowest BCUT2D eigenvalue weighted by Crippen LogP contribution is -2.29. The summed E-state index contributed by atoms with van der Waals surface area (Å²) in [5.41, 5.74) is 2.20. The molecular formula is C30H30N4O6S. The Hall–Kier alpha value is -4.51. The number of pyridine rings is 1. The summed E-state index contributed by atoms with van der Waals surface area (Å²) in [5, 5.41) is 11.9. The minimum Gasteiger partial charge on any atom is -0.505 e. The Balaban J connectivity index is 1.77. The number of rotatable bonds is 9. The Labute approximate surface area is 240 Å². The van der Waals surface area contributed by atoms with Gasteiger partial charge in [0.1, 0.15) is 11.3 Å². The van der Waals surface area contributed by atoms with Gasteiger partial charge in [0, 0.05) is 13.1 Å². The number of thiazole rings is 1. The topological polar surface area (TPSA) is 123 Å². The monoisotopic (exact) mass is 574 g/mol. The zero-order chi connectivity index (χ0) is 29.4. The summed E-state index contributed by atoms with van der Waals surface area (Å²) < 4.78 is 13.4. The number of carbonyl (C=O) groups excluding carboxylic acids is 3. The number of aromatic nitrogens is 3. The zero-order valence-corrected chi connectivity index (χ0v) is 24.2. The summed E-state index contributed by atoms with van der Waals surface area (Å²) in [6, 6.07) is 9.49. The van der Waals surface area contributed by atoms with Gasteiger partial charge in [-0.3, -0.25) is 23.7 Å². The lowest BCUT2D eigenvalue weighted by molar-refractivity contribution is -0.132. The van der Waals surface area contributed by atoms with Gasteiger partial charge in [-0.2, -0.15) is 0 Å². The molecule has 1 aliphatic rings. The Morgan fingerprint density at radius 1 is 1.05 bits per heavy atom. The molecule has 1 aromatic carbocycles. The average molecular weight is 575 g/mol. The maximum Gasteiger partial charge on any atom is 0.301 e. The van der Waals surface area contributed by atoms with Crippen molar-refractivity contribution in [2.75, 3.05) is 18.1 Å². The van der Waals surface area contributed by atoms with Crippen LogP contribution in [0.1, 0.15) is 65.6 Å². The van der Waals surface area contributed by atoms with Crippen molar-refractivity contribution < 1.29 is 29.0 Å². The molecule has 0 bridgehead atoms. The maximum atomic E-state index is 13.7. The summed E-state index contributed by atoms with van der Waals surface area (Å²) in [5.74, 6) is -1.34. The first-order valence-electron chi connectivity index (χ1n) is 13.3. The van der Waals surface area contributed by atoms with E-state index in [1.165, 1.54) is 11.8 Å². The average Bonchev–Trinajstić information content (AvgIpc) is 3.58. The number of aliphatic hydroxyl groups excluding tert-OH is 1. The molecule has 0 aliphatic carbocycles. The number of benzene rings is 1. The largest absolute Gasteiger partial charge is 0.505 e. The van der Waals surface area contributed by atoms with E-state index < -0.39 is 17.7 Å². The molecule has 41 heavy (non-hydrogen) atoms. The predicted octanol–water partition coefficient (Wildman–Crippen LogP) is 5.42. The molecule has 1 N–H and O–H groups in total. The highest BCUT2D eigenvalue weighted by Gasteiger charge is 2.49. The van der Waals surface area contributed by atoms with Gasteiger partial charge in [-0.25, -0.2) is 9.97 Å². The summed E-state index contributed by atoms with van der Waals surface area (Å²) in [6.45, 7) is 9.51. The molecule has 1 unspecified atom stereocenters. The second kappa shape index (κ2) is 11.2. The van der Waals surface area contributed by atoms with Gasteiger partial charge in [-0.05, 0) is 57.0 Å². The lowest BCUT2D eigenvalue weighted by Gasteiger charge is -2.24. The number of fused-ring (bicyclic) bond motifs is 1. The highest BCUT2D eigenvalue weighted by molar-refractivity contribution is 7.18. The Morgan fingerprint density at radius 2 is 1.83 bits per heavy atom. The molecule has 212 valence electrons. The number of nitrogens with zero attached hydrogens (tertiary/aromatic N) is 4. The van der Waals surface area contributed by atoms with Crippen LogP contribution in [-0.4, -0.2) is 50.2 Å². The van der Waals surface area contributed by atoms with Crippen molar-refractivity contribution in [3.63, 3.8) is 0 Å². The first-order chi connectivity index (χ1) is 19.7. The van der Waals surface area contributed by atoms with Crippen LogP contribution in [-0.2, 0) is 9.59 Å². The molecule has 1 atom stereocenters. The standard InChI is InChI=1S/C30H30N4O6S/c1-6-14-40-20-12-11-19(15-21(20)39-7-2)25-23(26(36)24-16(3)31-22-10-8-9-13-33(22)24)27(37)29(38)34(25)30-32-17(4)28(41-30)18(5)35/h8-13,15,25,36H,6-7,14H2,1-5H3. The number of hydrogen-bond donors (Lipinski definition) is 1. The maximum absolute atomic E-state index is 13.7. The number of aryl methyl sites for hydroxylation is 2. The van der Waals surface area contributed by atoms with Crippen molar-refractivity contribution >= 4 is 45.3 Å². The molecule has 0 radical (unpaired) electrons. The number of imidazole rings is 1. The van der Waals surface area contributed by atoms with E-state index in [4.69, 9.17) is 9.47 Å². The third-order valence-electron chi connectivity index (χ3n) is 6.73. The van der Waals surface area contributed by atoms with Gasteiger partial charge in [-0.1, -0.05) is 30.4 Å². The van der Waals surface area contributed by atoms with Crippen molar-refractivity contribution in [1.82, 2.24) is 14.4 Å². The van der Waals surface area contributed by atoms with Gasteiger partial charge >= 0.3 is 5.91 Å². The quantitative estimate of drug-likeness (QED) is 0.122. The molecule has 1 amide bonds. The van der Waals surface area contributed by atoms with E-state index in [9.17, 15) is 19.5 Å². The van der Waals surface area contributed by atoms with Crippen molar-refractivity contribution in [2.24, 2.45) is 0 Å². The second-order valence-corrected chi connectivity index (χ2v) is 10.6. The third-order valence-corrected chi connectivity index (χ3v) is 7.99. The van der Waals surface area contributed by atoms with Crippen LogP contribution in [0.25, 0.3) is 11.4 Å². The minimum atomic E-state index is -1.06. The lowest BCUT2D eigenvalue weighted by atomic mass is 9.96. The van der Waals surface area contributed by atoms with Crippen molar-refractivity contribution in [1.29, 1.82) is 0 Å². The molecule has 11 heteroatoms. The van der Waals surface area contributed by atoms with Crippen LogP contribution in [0.5, 0.6) is 11.5 Å². The summed E-state index contributed by atoms with van der Waals surface area (Å²) in [6.07, 6.45) is 2.53. The number of carbonyl (C=O) groups is 3. The predicted molar refractivity (Wildman–Crippen MR) is 155 cm³/mol. The molecule has 1 aliphatic heterocycles. The van der Waals surface area contributed by atoms with E-state index in [-0.39, 0.29) is 22.2 Å². The number of ether oxygens (including phenoxy) is 2. The Bertz CT molecular complexity index is 1720. The van der Waals surface area contributed by atoms with Gasteiger partial charge in [0.15, 0.2) is 28.2 Å².